The second kappa shape index (κ2) is 5.95. The third-order valence-electron chi connectivity index (χ3n) is 3.55. The number of nitrogens with zero attached hydrogens (tertiary/aromatic N) is 1. The van der Waals surface area contributed by atoms with Gasteiger partial charge in [-0.2, -0.15) is 0 Å². The molecule has 0 aromatic heterocycles. The number of hydrogen-bond acceptors (Lipinski definition) is 4. The maximum Gasteiger partial charge on any atom is 0.214 e. The van der Waals surface area contributed by atoms with Gasteiger partial charge in [0.25, 0.3) is 0 Å². The summed E-state index contributed by atoms with van der Waals surface area (Å²) in [5.41, 5.74) is 6.65. The van der Waals surface area contributed by atoms with Crippen LogP contribution in [0, 0.1) is 5.41 Å². The number of hydrogen-bond donors (Lipinski definition) is 1. The molecule has 2 N–H and O–H groups in total. The van der Waals surface area contributed by atoms with Gasteiger partial charge in [-0.3, -0.25) is 0 Å². The minimum absolute atomic E-state index is 0.101. The van der Waals surface area contributed by atoms with Gasteiger partial charge in [0.05, 0.1) is 5.75 Å². The second-order valence-corrected chi connectivity index (χ2v) is 9.18. The molecule has 0 spiro atoms. The third kappa shape index (κ3) is 3.90. The van der Waals surface area contributed by atoms with Crippen LogP contribution in [0.4, 0.5) is 5.69 Å². The van der Waals surface area contributed by atoms with E-state index in [1.54, 1.807) is 4.31 Å². The van der Waals surface area contributed by atoms with Crippen molar-refractivity contribution in [2.45, 2.75) is 25.2 Å². The monoisotopic (exact) mass is 314 g/mol. The van der Waals surface area contributed by atoms with E-state index >= 15 is 0 Å². The summed E-state index contributed by atoms with van der Waals surface area (Å²) in [5, 5.41) is 0. The zero-order valence-corrected chi connectivity index (χ0v) is 13.6. The van der Waals surface area contributed by atoms with Crippen LogP contribution in [0.5, 0.6) is 0 Å². The first-order valence-corrected chi connectivity index (χ1v) is 9.35. The quantitative estimate of drug-likeness (QED) is 0.670. The Morgan fingerprint density at radius 3 is 2.65 bits per heavy atom. The van der Waals surface area contributed by atoms with E-state index in [-0.39, 0.29) is 11.2 Å². The van der Waals surface area contributed by atoms with Crippen LogP contribution in [0.1, 0.15) is 20.3 Å². The van der Waals surface area contributed by atoms with E-state index < -0.39 is 10.0 Å². The number of benzene rings is 1. The molecular weight excluding hydrogens is 292 g/mol. The summed E-state index contributed by atoms with van der Waals surface area (Å²) in [6, 6.07) is 7.55. The summed E-state index contributed by atoms with van der Waals surface area (Å²) in [4.78, 5) is 0.949. The van der Waals surface area contributed by atoms with E-state index in [1.165, 1.54) is 11.8 Å². The number of nitrogens with two attached hydrogens (primary N) is 1. The average Bonchev–Trinajstić information content (AvgIpc) is 2.73. The van der Waals surface area contributed by atoms with Gasteiger partial charge in [-0.1, -0.05) is 26.0 Å². The molecule has 1 heterocycles. The van der Waals surface area contributed by atoms with Gasteiger partial charge in [-0.25, -0.2) is 12.7 Å². The number of anilines is 1. The highest BCUT2D eigenvalue weighted by Gasteiger charge is 2.35. The van der Waals surface area contributed by atoms with Crippen LogP contribution >= 0.6 is 11.8 Å². The molecule has 1 aliphatic heterocycles. The van der Waals surface area contributed by atoms with Crippen LogP contribution < -0.4 is 5.73 Å². The van der Waals surface area contributed by atoms with Gasteiger partial charge >= 0.3 is 0 Å². The highest BCUT2D eigenvalue weighted by Crippen LogP contribution is 2.31. The molecule has 0 saturated carbocycles. The van der Waals surface area contributed by atoms with Gasteiger partial charge in [-0.05, 0) is 24.0 Å². The second-order valence-electron chi connectivity index (χ2n) is 5.95. The van der Waals surface area contributed by atoms with Crippen LogP contribution in [0.3, 0.4) is 0 Å². The van der Waals surface area contributed by atoms with Crippen molar-refractivity contribution in [3.63, 3.8) is 0 Å². The molecule has 1 fully saturated rings. The first-order chi connectivity index (χ1) is 9.30. The lowest BCUT2D eigenvalue weighted by Gasteiger charge is -2.19. The van der Waals surface area contributed by atoms with Crippen molar-refractivity contribution >= 4 is 27.5 Å². The van der Waals surface area contributed by atoms with Crippen LogP contribution in [0.25, 0.3) is 0 Å². The van der Waals surface area contributed by atoms with E-state index in [4.69, 9.17) is 5.73 Å². The molecule has 0 bridgehead atoms. The Kier molecular flexibility index (Phi) is 4.66. The fourth-order valence-corrected chi connectivity index (χ4v) is 5.28. The minimum Gasteiger partial charge on any atom is -0.398 e. The predicted octanol–water partition coefficient (Wildman–Crippen LogP) is 2.42. The zero-order chi connectivity index (χ0) is 14.8. The van der Waals surface area contributed by atoms with Crippen molar-refractivity contribution in [2.24, 2.45) is 5.41 Å². The fourth-order valence-electron chi connectivity index (χ4n) is 2.30. The lowest BCUT2D eigenvalue weighted by Crippen LogP contribution is -2.33. The highest BCUT2D eigenvalue weighted by molar-refractivity contribution is 8.00. The largest absolute Gasteiger partial charge is 0.398 e. The molecule has 20 heavy (non-hydrogen) atoms. The normalized spacial score (nSPS) is 19.3. The average molecular weight is 314 g/mol. The van der Waals surface area contributed by atoms with Crippen molar-refractivity contribution in [3.8, 4) is 0 Å². The molecule has 4 nitrogen and oxygen atoms in total. The summed E-state index contributed by atoms with van der Waals surface area (Å²) in [6.07, 6.45) is 0.936. The molecule has 0 radical (unpaired) electrons. The number of para-hydroxylation sites is 1. The smallest absolute Gasteiger partial charge is 0.214 e. The van der Waals surface area contributed by atoms with Crippen LogP contribution in [0.15, 0.2) is 29.2 Å². The van der Waals surface area contributed by atoms with E-state index in [1.807, 2.05) is 24.3 Å². The zero-order valence-electron chi connectivity index (χ0n) is 12.0. The van der Waals surface area contributed by atoms with Crippen LogP contribution in [0.2, 0.25) is 0 Å². The minimum atomic E-state index is -3.14. The van der Waals surface area contributed by atoms with Crippen molar-refractivity contribution in [3.05, 3.63) is 24.3 Å². The molecule has 0 unspecified atom stereocenters. The van der Waals surface area contributed by atoms with E-state index in [0.717, 1.165) is 11.3 Å². The fraction of sp³-hybridized carbons (Fsp3) is 0.571. The SMILES string of the molecule is CC1(C)CCN(S(=O)(=O)CCSc2ccccc2N)C1. The lowest BCUT2D eigenvalue weighted by atomic mass is 9.93. The van der Waals surface area contributed by atoms with Crippen molar-refractivity contribution in [2.75, 3.05) is 30.3 Å². The Morgan fingerprint density at radius 1 is 1.35 bits per heavy atom. The first kappa shape index (κ1) is 15.7. The summed E-state index contributed by atoms with van der Waals surface area (Å²) in [6.45, 7) is 5.50. The Labute approximate surface area is 125 Å². The maximum absolute atomic E-state index is 12.3. The maximum atomic E-state index is 12.3. The number of sulfonamides is 1. The Balaban J connectivity index is 1.89. The highest BCUT2D eigenvalue weighted by atomic mass is 32.2. The molecular formula is C14H22N2O2S2. The third-order valence-corrected chi connectivity index (χ3v) is 6.72. The number of nitrogen functional groups attached to an aromatic ring is 1. The molecule has 2 rings (SSSR count). The Bertz CT molecular complexity index is 570. The molecule has 1 aliphatic rings. The molecule has 6 heteroatoms. The van der Waals surface area contributed by atoms with E-state index in [9.17, 15) is 8.42 Å². The number of thioether (sulfide) groups is 1. The topological polar surface area (TPSA) is 63.4 Å². The van der Waals surface area contributed by atoms with Gasteiger partial charge in [0.2, 0.25) is 10.0 Å². The van der Waals surface area contributed by atoms with Crippen molar-refractivity contribution in [1.29, 1.82) is 0 Å². The van der Waals surface area contributed by atoms with Gasteiger partial charge in [0.15, 0.2) is 0 Å². The molecule has 0 aliphatic carbocycles. The summed E-state index contributed by atoms with van der Waals surface area (Å²) in [5.74, 6) is 0.704. The predicted molar refractivity (Wildman–Crippen MR) is 85.3 cm³/mol. The molecule has 1 aromatic rings. The van der Waals surface area contributed by atoms with Gasteiger partial charge < -0.3 is 5.73 Å². The Hall–Kier alpha value is -0.720. The van der Waals surface area contributed by atoms with Gasteiger partial charge in [0, 0.05) is 29.4 Å². The molecule has 112 valence electrons. The standard InChI is InChI=1S/C14H22N2O2S2/c1-14(2)7-8-16(11-14)20(17,18)10-9-19-13-6-4-3-5-12(13)15/h3-6H,7-11,15H2,1-2H3. The van der Waals surface area contributed by atoms with Crippen LogP contribution in [-0.4, -0.2) is 37.3 Å². The summed E-state index contributed by atoms with van der Waals surface area (Å²) < 4.78 is 26.2. The number of rotatable bonds is 5. The lowest BCUT2D eigenvalue weighted by molar-refractivity contribution is 0.376. The summed E-state index contributed by atoms with van der Waals surface area (Å²) >= 11 is 1.50. The van der Waals surface area contributed by atoms with Gasteiger partial charge in [0.1, 0.15) is 0 Å². The van der Waals surface area contributed by atoms with Crippen LogP contribution in [-0.2, 0) is 10.0 Å². The molecule has 1 saturated heterocycles. The van der Waals surface area contributed by atoms with Crippen molar-refractivity contribution in [1.82, 2.24) is 4.31 Å². The van der Waals surface area contributed by atoms with E-state index in [2.05, 4.69) is 13.8 Å². The Morgan fingerprint density at radius 2 is 2.05 bits per heavy atom. The van der Waals surface area contributed by atoms with Gasteiger partial charge in [-0.15, -0.1) is 11.8 Å². The molecule has 0 amide bonds. The summed E-state index contributed by atoms with van der Waals surface area (Å²) in [7, 11) is -3.14. The van der Waals surface area contributed by atoms with Crippen molar-refractivity contribution < 1.29 is 8.42 Å². The first-order valence-electron chi connectivity index (χ1n) is 6.75. The molecule has 0 atom stereocenters. The molecule has 1 aromatic carbocycles. The van der Waals surface area contributed by atoms with E-state index in [0.29, 0.717) is 24.5 Å².